The van der Waals surface area contributed by atoms with Gasteiger partial charge in [-0.25, -0.2) is 24.5 Å². The number of nitrogens with one attached hydrogen (secondary N) is 1. The summed E-state index contributed by atoms with van der Waals surface area (Å²) < 4.78 is 21.4. The predicted octanol–water partition coefficient (Wildman–Crippen LogP) is 2.87. The van der Waals surface area contributed by atoms with Crippen LogP contribution in [-0.4, -0.2) is 42.0 Å². The van der Waals surface area contributed by atoms with Gasteiger partial charge in [0, 0.05) is 6.20 Å². The summed E-state index contributed by atoms with van der Waals surface area (Å²) in [6.07, 6.45) is 0.0291. The van der Waals surface area contributed by atoms with E-state index in [4.69, 9.17) is 18.9 Å². The largest absolute Gasteiger partial charge is 0.482 e. The lowest BCUT2D eigenvalue weighted by Gasteiger charge is -2.22. The topological polar surface area (TPSA) is 122 Å². The lowest BCUT2D eigenvalue weighted by molar-refractivity contribution is 0.0511. The number of rotatable bonds is 7. The zero-order valence-electron chi connectivity index (χ0n) is 18.6. The van der Waals surface area contributed by atoms with Crippen LogP contribution in [0, 0.1) is 0 Å². The fourth-order valence-corrected chi connectivity index (χ4v) is 2.58. The van der Waals surface area contributed by atoms with Gasteiger partial charge >= 0.3 is 18.0 Å². The van der Waals surface area contributed by atoms with Crippen molar-refractivity contribution in [3.63, 3.8) is 0 Å². The standard InChI is InChI=1S/C22H26N2O8/c1-6-30-19(26)15-12-24(23-21(28)32-22(2,3)4)16(20(27)29-5)18(17(15)25)31-13-14-10-8-7-9-11-14/h7-12H,6,13H2,1-5H3,(H,23,28). The summed E-state index contributed by atoms with van der Waals surface area (Å²) in [7, 11) is 1.10. The number of carbonyl (C=O) groups excluding carboxylic acids is 3. The van der Waals surface area contributed by atoms with Crippen molar-refractivity contribution in [3.8, 4) is 5.75 Å². The van der Waals surface area contributed by atoms with E-state index in [2.05, 4.69) is 5.43 Å². The molecule has 1 amide bonds. The zero-order chi connectivity index (χ0) is 23.9. The Balaban J connectivity index is 2.61. The summed E-state index contributed by atoms with van der Waals surface area (Å²) in [5, 5.41) is 0. The van der Waals surface area contributed by atoms with Crippen LogP contribution in [0.2, 0.25) is 0 Å². The lowest BCUT2D eigenvalue weighted by Crippen LogP contribution is -2.36. The first kappa shape index (κ1) is 24.4. The number of pyridine rings is 1. The van der Waals surface area contributed by atoms with Crippen LogP contribution in [0.1, 0.15) is 54.1 Å². The van der Waals surface area contributed by atoms with Gasteiger partial charge in [-0.1, -0.05) is 30.3 Å². The molecule has 172 valence electrons. The second-order valence-electron chi connectivity index (χ2n) is 7.52. The number of methoxy groups -OCH3 is 1. The second kappa shape index (κ2) is 10.5. The Bertz CT molecular complexity index is 1040. The van der Waals surface area contributed by atoms with Crippen LogP contribution in [0.25, 0.3) is 0 Å². The van der Waals surface area contributed by atoms with Crippen molar-refractivity contribution in [2.45, 2.75) is 39.9 Å². The molecule has 1 N–H and O–H groups in total. The first-order valence-electron chi connectivity index (χ1n) is 9.79. The highest BCUT2D eigenvalue weighted by molar-refractivity contribution is 5.95. The van der Waals surface area contributed by atoms with Crippen molar-refractivity contribution >= 4 is 18.0 Å². The van der Waals surface area contributed by atoms with Gasteiger partial charge < -0.3 is 18.9 Å². The lowest BCUT2D eigenvalue weighted by atomic mass is 10.2. The molecule has 1 aromatic heterocycles. The molecule has 0 atom stereocenters. The molecule has 0 saturated carbocycles. The van der Waals surface area contributed by atoms with Gasteiger partial charge in [0.1, 0.15) is 17.8 Å². The molecule has 0 radical (unpaired) electrons. The van der Waals surface area contributed by atoms with E-state index in [0.717, 1.165) is 18.0 Å². The highest BCUT2D eigenvalue weighted by Crippen LogP contribution is 2.19. The molecule has 1 aromatic carbocycles. The van der Waals surface area contributed by atoms with Crippen molar-refractivity contribution < 1.29 is 33.3 Å². The summed E-state index contributed by atoms with van der Waals surface area (Å²) in [4.78, 5) is 50.2. The molecule has 0 spiro atoms. The van der Waals surface area contributed by atoms with E-state index in [-0.39, 0.29) is 13.2 Å². The van der Waals surface area contributed by atoms with Gasteiger partial charge in [0.05, 0.1) is 13.7 Å². The first-order valence-corrected chi connectivity index (χ1v) is 9.79. The molecule has 2 aromatic rings. The minimum absolute atomic E-state index is 0.0106. The molecule has 0 aliphatic heterocycles. The molecule has 0 unspecified atom stereocenters. The Morgan fingerprint density at radius 3 is 2.28 bits per heavy atom. The molecule has 1 heterocycles. The van der Waals surface area contributed by atoms with Crippen molar-refractivity contribution in [3.05, 3.63) is 63.6 Å². The molecule has 0 aliphatic carbocycles. The van der Waals surface area contributed by atoms with E-state index in [1.54, 1.807) is 52.0 Å². The minimum atomic E-state index is -0.975. The Kier molecular flexibility index (Phi) is 8.00. The molecule has 32 heavy (non-hydrogen) atoms. The molecule has 0 saturated heterocycles. The highest BCUT2D eigenvalue weighted by atomic mass is 16.6. The van der Waals surface area contributed by atoms with Crippen LogP contribution < -0.4 is 15.6 Å². The summed E-state index contributed by atoms with van der Waals surface area (Å²) in [6.45, 7) is 6.45. The van der Waals surface area contributed by atoms with Gasteiger partial charge in [-0.3, -0.25) is 4.79 Å². The molecule has 2 rings (SSSR count). The Hall–Kier alpha value is -3.82. The van der Waals surface area contributed by atoms with Crippen molar-refractivity contribution in [1.82, 2.24) is 4.68 Å². The van der Waals surface area contributed by atoms with Crippen LogP contribution >= 0.6 is 0 Å². The normalized spacial score (nSPS) is 10.8. The average Bonchev–Trinajstić information content (AvgIpc) is 2.72. The monoisotopic (exact) mass is 446 g/mol. The maximum Gasteiger partial charge on any atom is 0.426 e. The van der Waals surface area contributed by atoms with Gasteiger partial charge in [0.15, 0.2) is 5.69 Å². The maximum absolute atomic E-state index is 13.0. The van der Waals surface area contributed by atoms with Crippen molar-refractivity contribution in [2.75, 3.05) is 19.1 Å². The number of ether oxygens (including phenoxy) is 4. The van der Waals surface area contributed by atoms with E-state index in [9.17, 15) is 19.2 Å². The molecule has 10 nitrogen and oxygen atoms in total. The summed E-state index contributed by atoms with van der Waals surface area (Å²) in [5.74, 6) is -2.41. The zero-order valence-corrected chi connectivity index (χ0v) is 18.6. The SMILES string of the molecule is CCOC(=O)c1cn(NC(=O)OC(C)(C)C)c(C(=O)OC)c(OCc2ccccc2)c1=O. The van der Waals surface area contributed by atoms with E-state index in [1.807, 2.05) is 6.07 Å². The fraction of sp³-hybridized carbons (Fsp3) is 0.364. The van der Waals surface area contributed by atoms with E-state index < -0.39 is 46.1 Å². The number of hydrogen-bond donors (Lipinski definition) is 1. The van der Waals surface area contributed by atoms with Gasteiger partial charge in [-0.15, -0.1) is 0 Å². The molecule has 10 heteroatoms. The average molecular weight is 446 g/mol. The van der Waals surface area contributed by atoms with E-state index >= 15 is 0 Å². The minimum Gasteiger partial charge on any atom is -0.482 e. The number of carbonyl (C=O) groups is 3. The van der Waals surface area contributed by atoms with Crippen molar-refractivity contribution in [2.24, 2.45) is 0 Å². The third-order valence-electron chi connectivity index (χ3n) is 3.88. The summed E-state index contributed by atoms with van der Waals surface area (Å²) in [5.41, 5.74) is 0.419. The van der Waals surface area contributed by atoms with Gasteiger partial charge in [0.2, 0.25) is 11.2 Å². The number of benzene rings is 1. The van der Waals surface area contributed by atoms with Gasteiger partial charge in [-0.05, 0) is 33.3 Å². The summed E-state index contributed by atoms with van der Waals surface area (Å²) in [6, 6.07) is 8.87. The third kappa shape index (κ3) is 6.34. The molecular formula is C22H26N2O8. The van der Waals surface area contributed by atoms with E-state index in [0.29, 0.717) is 5.56 Å². The number of amides is 1. The first-order chi connectivity index (χ1) is 15.1. The fourth-order valence-electron chi connectivity index (χ4n) is 2.58. The third-order valence-corrected chi connectivity index (χ3v) is 3.88. The number of aromatic nitrogens is 1. The van der Waals surface area contributed by atoms with Gasteiger partial charge in [-0.2, -0.15) is 0 Å². The van der Waals surface area contributed by atoms with Gasteiger partial charge in [0.25, 0.3) is 0 Å². The molecule has 0 bridgehead atoms. The molecule has 0 fully saturated rings. The maximum atomic E-state index is 13.0. The quantitative estimate of drug-likeness (QED) is 0.509. The van der Waals surface area contributed by atoms with Crippen LogP contribution in [-0.2, 0) is 20.8 Å². The Labute approximate surface area is 185 Å². The van der Waals surface area contributed by atoms with Crippen LogP contribution in [0.3, 0.4) is 0 Å². The van der Waals surface area contributed by atoms with Crippen LogP contribution in [0.5, 0.6) is 5.75 Å². The number of hydrogen-bond acceptors (Lipinski definition) is 8. The second-order valence-corrected chi connectivity index (χ2v) is 7.52. The Morgan fingerprint density at radius 1 is 1.06 bits per heavy atom. The summed E-state index contributed by atoms with van der Waals surface area (Å²) >= 11 is 0. The van der Waals surface area contributed by atoms with Crippen molar-refractivity contribution in [1.29, 1.82) is 0 Å². The number of nitrogens with zero attached hydrogens (tertiary/aromatic N) is 1. The predicted molar refractivity (Wildman–Crippen MR) is 114 cm³/mol. The van der Waals surface area contributed by atoms with Crippen LogP contribution in [0.4, 0.5) is 4.79 Å². The van der Waals surface area contributed by atoms with E-state index in [1.165, 1.54) is 0 Å². The highest BCUT2D eigenvalue weighted by Gasteiger charge is 2.28. The smallest absolute Gasteiger partial charge is 0.426 e. The van der Waals surface area contributed by atoms with Crippen LogP contribution in [0.15, 0.2) is 41.3 Å². The Morgan fingerprint density at radius 2 is 1.72 bits per heavy atom. The molecule has 0 aliphatic rings. The number of esters is 2. The molecular weight excluding hydrogens is 420 g/mol.